The molecule has 10 rings (SSSR count). The standard InChI is InChI=1S/C53H55BN2S/c1-31-24-44-49-45(25-31)56(42-17-15-19-47-48(42)35-16-13-14-18-46(35)57-47)41-23-21-34(51(6,7)8)27-38(41)54(49)39-28-36-37(53(11,12)30-52(36,9)10)29-43(39)55(44)40-22-20-33(26-32(40)2)50(3,4)5/h13-29H,30H2,1-12H3/i1D3. The molecule has 6 aromatic carbocycles. The van der Waals surface area contributed by atoms with Crippen LogP contribution in [0, 0.1) is 13.8 Å². The monoisotopic (exact) mass is 765 g/mol. The van der Waals surface area contributed by atoms with Gasteiger partial charge in [0.2, 0.25) is 0 Å². The van der Waals surface area contributed by atoms with E-state index in [1.807, 2.05) is 23.5 Å². The van der Waals surface area contributed by atoms with Gasteiger partial charge in [0, 0.05) is 52.7 Å². The SMILES string of the molecule is [2H]C([2H])([2H])c1cc2c3c(c1)N(c1cccc4sc5ccccc5c14)c1ccc(C(C)(C)C)cc1B3c1cc3c(cc1N2c1ccc(C(C)(C)C)cc1C)C(C)(C)CC3(C)C. The molecule has 0 saturated carbocycles. The molecule has 57 heavy (non-hydrogen) atoms. The fourth-order valence-corrected chi connectivity index (χ4v) is 11.9. The van der Waals surface area contributed by atoms with Gasteiger partial charge in [0.05, 0.1) is 5.69 Å². The average Bonchev–Trinajstić information content (AvgIpc) is 3.63. The molecule has 4 heteroatoms. The molecule has 3 aliphatic rings. The Bertz CT molecular complexity index is 2960. The maximum atomic E-state index is 9.01. The van der Waals surface area contributed by atoms with Crippen LogP contribution < -0.4 is 26.2 Å². The predicted octanol–water partition coefficient (Wildman–Crippen LogP) is 13.3. The second-order valence-electron chi connectivity index (χ2n) is 20.5. The molecule has 3 heterocycles. The van der Waals surface area contributed by atoms with Crippen molar-refractivity contribution in [3.63, 3.8) is 0 Å². The van der Waals surface area contributed by atoms with Crippen molar-refractivity contribution in [3.8, 4) is 0 Å². The number of aryl methyl sites for hydroxylation is 2. The average molecular weight is 766 g/mol. The zero-order valence-electron chi connectivity index (χ0n) is 38.4. The third kappa shape index (κ3) is 5.35. The van der Waals surface area contributed by atoms with E-state index in [-0.39, 0.29) is 28.4 Å². The first kappa shape index (κ1) is 33.2. The van der Waals surface area contributed by atoms with E-state index in [9.17, 15) is 0 Å². The van der Waals surface area contributed by atoms with Gasteiger partial charge in [-0.05, 0) is 140 Å². The Balaban J connectivity index is 1.38. The van der Waals surface area contributed by atoms with Gasteiger partial charge < -0.3 is 9.80 Å². The van der Waals surface area contributed by atoms with Gasteiger partial charge in [0.1, 0.15) is 0 Å². The van der Waals surface area contributed by atoms with Crippen molar-refractivity contribution in [1.29, 1.82) is 0 Å². The molecule has 0 spiro atoms. The second kappa shape index (κ2) is 11.9. The lowest BCUT2D eigenvalue weighted by atomic mass is 9.33. The molecule has 0 unspecified atom stereocenters. The van der Waals surface area contributed by atoms with Crippen LogP contribution in [0.3, 0.4) is 0 Å². The summed E-state index contributed by atoms with van der Waals surface area (Å²) in [7, 11) is 0. The molecule has 0 N–H and O–H groups in total. The van der Waals surface area contributed by atoms with Crippen molar-refractivity contribution in [1.82, 2.24) is 0 Å². The number of rotatable bonds is 2. The van der Waals surface area contributed by atoms with Gasteiger partial charge in [-0.3, -0.25) is 0 Å². The number of hydrogen-bond donors (Lipinski definition) is 0. The first-order chi connectivity index (χ1) is 28.0. The molecular weight excluding hydrogens is 707 g/mol. The Morgan fingerprint density at radius 3 is 1.86 bits per heavy atom. The Morgan fingerprint density at radius 2 is 1.19 bits per heavy atom. The van der Waals surface area contributed by atoms with Crippen LogP contribution in [0.4, 0.5) is 34.1 Å². The van der Waals surface area contributed by atoms with Crippen LogP contribution in [-0.4, -0.2) is 6.71 Å². The van der Waals surface area contributed by atoms with E-state index in [0.29, 0.717) is 5.56 Å². The van der Waals surface area contributed by atoms with Gasteiger partial charge in [-0.15, -0.1) is 11.3 Å². The molecule has 0 saturated heterocycles. The van der Waals surface area contributed by atoms with Crippen LogP contribution in [0.1, 0.15) is 113 Å². The normalized spacial score (nSPS) is 17.5. The van der Waals surface area contributed by atoms with E-state index in [4.69, 9.17) is 4.11 Å². The number of benzene rings is 6. The third-order valence-electron chi connectivity index (χ3n) is 13.3. The zero-order valence-corrected chi connectivity index (χ0v) is 36.2. The Hall–Kier alpha value is -4.80. The number of fused-ring (bicyclic) bond motifs is 8. The van der Waals surface area contributed by atoms with Crippen molar-refractivity contribution in [2.45, 2.75) is 111 Å². The summed E-state index contributed by atoms with van der Waals surface area (Å²) in [5.41, 5.74) is 16.7. The van der Waals surface area contributed by atoms with Gasteiger partial charge in [-0.25, -0.2) is 0 Å². The lowest BCUT2D eigenvalue weighted by Gasteiger charge is -2.45. The number of nitrogens with zero attached hydrogens (tertiary/aromatic N) is 2. The van der Waals surface area contributed by atoms with Crippen LogP contribution in [-0.2, 0) is 21.7 Å². The topological polar surface area (TPSA) is 6.48 Å². The first-order valence-corrected chi connectivity index (χ1v) is 21.5. The van der Waals surface area contributed by atoms with Crippen LogP contribution in [0.5, 0.6) is 0 Å². The highest BCUT2D eigenvalue weighted by Gasteiger charge is 2.48. The fraction of sp³-hybridized carbons (Fsp3) is 0.321. The molecular formula is C53H55BN2S. The minimum absolute atomic E-state index is 0.0103. The summed E-state index contributed by atoms with van der Waals surface area (Å²) in [4.78, 5) is 4.84. The highest BCUT2D eigenvalue weighted by molar-refractivity contribution is 7.26. The quantitative estimate of drug-likeness (QED) is 0.162. The van der Waals surface area contributed by atoms with E-state index < -0.39 is 6.85 Å². The smallest absolute Gasteiger partial charge is 0.252 e. The largest absolute Gasteiger partial charge is 0.311 e. The lowest BCUT2D eigenvalue weighted by molar-refractivity contribution is 0.403. The maximum absolute atomic E-state index is 9.01. The maximum Gasteiger partial charge on any atom is 0.252 e. The highest BCUT2D eigenvalue weighted by atomic mass is 32.1. The molecule has 1 aliphatic carbocycles. The molecule has 0 fully saturated rings. The third-order valence-corrected chi connectivity index (χ3v) is 14.5. The van der Waals surface area contributed by atoms with Crippen LogP contribution >= 0.6 is 11.3 Å². The summed E-state index contributed by atoms with van der Waals surface area (Å²) in [6, 6.07) is 38.3. The minimum atomic E-state index is -2.34. The summed E-state index contributed by atoms with van der Waals surface area (Å²) in [6.45, 7) is 23.0. The van der Waals surface area contributed by atoms with E-state index in [2.05, 4.69) is 177 Å². The lowest BCUT2D eigenvalue weighted by Crippen LogP contribution is -2.61. The molecule has 0 bridgehead atoms. The summed E-state index contributed by atoms with van der Waals surface area (Å²) in [5, 5.41) is 2.41. The second-order valence-corrected chi connectivity index (χ2v) is 21.5. The van der Waals surface area contributed by atoms with Gasteiger partial charge in [-0.2, -0.15) is 0 Å². The predicted molar refractivity (Wildman–Crippen MR) is 251 cm³/mol. The van der Waals surface area contributed by atoms with Gasteiger partial charge >= 0.3 is 0 Å². The van der Waals surface area contributed by atoms with E-state index in [0.717, 1.165) is 51.6 Å². The molecule has 0 amide bonds. The fourth-order valence-electron chi connectivity index (χ4n) is 10.8. The van der Waals surface area contributed by atoms with Crippen molar-refractivity contribution in [2.24, 2.45) is 0 Å². The Morgan fingerprint density at radius 1 is 0.596 bits per heavy atom. The highest BCUT2D eigenvalue weighted by Crippen LogP contribution is 2.53. The summed E-state index contributed by atoms with van der Waals surface area (Å²) in [5.74, 6) is 0. The molecule has 286 valence electrons. The number of hydrogen-bond acceptors (Lipinski definition) is 3. The molecule has 2 nitrogen and oxygen atoms in total. The first-order valence-electron chi connectivity index (χ1n) is 22.2. The molecule has 2 aliphatic heterocycles. The summed E-state index contributed by atoms with van der Waals surface area (Å²) < 4.78 is 29.5. The van der Waals surface area contributed by atoms with Gasteiger partial charge in [0.15, 0.2) is 0 Å². The van der Waals surface area contributed by atoms with Gasteiger partial charge in [-0.1, -0.05) is 124 Å². The molecule has 0 atom stereocenters. The van der Waals surface area contributed by atoms with E-state index in [1.54, 1.807) is 0 Å². The Labute approximate surface area is 348 Å². The summed E-state index contributed by atoms with van der Waals surface area (Å²) >= 11 is 1.81. The van der Waals surface area contributed by atoms with Crippen LogP contribution in [0.2, 0.25) is 0 Å². The van der Waals surface area contributed by atoms with Crippen molar-refractivity contribution in [3.05, 3.63) is 137 Å². The molecule has 0 radical (unpaired) electrons. The van der Waals surface area contributed by atoms with Crippen molar-refractivity contribution >= 4 is 88.7 Å². The van der Waals surface area contributed by atoms with E-state index >= 15 is 0 Å². The number of anilines is 6. The molecule has 1 aromatic heterocycles. The summed E-state index contributed by atoms with van der Waals surface area (Å²) in [6.07, 6.45) is 1.06. The Kier molecular flexibility index (Phi) is 6.92. The number of thiophene rings is 1. The van der Waals surface area contributed by atoms with E-state index in [1.165, 1.54) is 53.4 Å². The minimum Gasteiger partial charge on any atom is -0.311 e. The molecule has 7 aromatic rings. The van der Waals surface area contributed by atoms with Gasteiger partial charge in [0.25, 0.3) is 6.71 Å². The van der Waals surface area contributed by atoms with Crippen LogP contribution in [0.15, 0.2) is 103 Å². The van der Waals surface area contributed by atoms with Crippen molar-refractivity contribution in [2.75, 3.05) is 9.80 Å². The van der Waals surface area contributed by atoms with Crippen molar-refractivity contribution < 1.29 is 4.11 Å². The zero-order chi connectivity index (χ0) is 42.6. The van der Waals surface area contributed by atoms with Crippen LogP contribution in [0.25, 0.3) is 20.2 Å².